The molecule has 0 saturated carbocycles. The average molecular weight is 272 g/mol. The number of hydrogen-bond acceptors (Lipinski definition) is 3. The highest BCUT2D eigenvalue weighted by Gasteiger charge is 2.11. The van der Waals surface area contributed by atoms with Gasteiger partial charge in [-0.3, -0.25) is 4.98 Å². The maximum absolute atomic E-state index is 4.55. The summed E-state index contributed by atoms with van der Waals surface area (Å²) in [4.78, 5) is 4.07. The smallest absolute Gasteiger partial charge is 0.0679 e. The van der Waals surface area contributed by atoms with E-state index < -0.39 is 0 Å². The van der Waals surface area contributed by atoms with Crippen LogP contribution < -0.4 is 5.32 Å². The Morgan fingerprint density at radius 2 is 2.00 bits per heavy atom. The third-order valence-electron chi connectivity index (χ3n) is 3.22. The zero-order valence-electron chi connectivity index (χ0n) is 12.6. The minimum Gasteiger partial charge on any atom is -0.312 e. The SMILES string of the molecule is CCCc1c(CNCC(C)C)cnn1-c1ccncc1. The minimum atomic E-state index is 0.667. The second-order valence-corrected chi connectivity index (χ2v) is 5.51. The van der Waals surface area contributed by atoms with Crippen molar-refractivity contribution in [2.24, 2.45) is 5.92 Å². The molecule has 0 atom stereocenters. The summed E-state index contributed by atoms with van der Waals surface area (Å²) in [6, 6.07) is 4.00. The molecule has 0 aliphatic rings. The predicted octanol–water partition coefficient (Wildman–Crippen LogP) is 2.97. The first-order chi connectivity index (χ1) is 9.72. The molecule has 20 heavy (non-hydrogen) atoms. The fraction of sp³-hybridized carbons (Fsp3) is 0.500. The lowest BCUT2D eigenvalue weighted by Gasteiger charge is -2.10. The van der Waals surface area contributed by atoms with Crippen LogP contribution in [0.1, 0.15) is 38.4 Å². The topological polar surface area (TPSA) is 42.7 Å². The summed E-state index contributed by atoms with van der Waals surface area (Å²) in [7, 11) is 0. The van der Waals surface area contributed by atoms with Crippen molar-refractivity contribution < 1.29 is 0 Å². The van der Waals surface area contributed by atoms with Crippen molar-refractivity contribution in [2.45, 2.75) is 40.2 Å². The van der Waals surface area contributed by atoms with Crippen molar-refractivity contribution in [3.05, 3.63) is 42.0 Å². The van der Waals surface area contributed by atoms with E-state index in [1.165, 1.54) is 11.3 Å². The van der Waals surface area contributed by atoms with Gasteiger partial charge < -0.3 is 5.32 Å². The van der Waals surface area contributed by atoms with Gasteiger partial charge in [-0.05, 0) is 31.0 Å². The van der Waals surface area contributed by atoms with Crippen LogP contribution in [0.4, 0.5) is 0 Å². The van der Waals surface area contributed by atoms with Crippen LogP contribution >= 0.6 is 0 Å². The van der Waals surface area contributed by atoms with Gasteiger partial charge in [-0.1, -0.05) is 27.2 Å². The van der Waals surface area contributed by atoms with Crippen LogP contribution in [-0.2, 0) is 13.0 Å². The van der Waals surface area contributed by atoms with Crippen LogP contribution in [0.5, 0.6) is 0 Å². The molecule has 0 spiro atoms. The summed E-state index contributed by atoms with van der Waals surface area (Å²) in [5.41, 5.74) is 3.68. The number of aromatic nitrogens is 3. The number of pyridine rings is 1. The van der Waals surface area contributed by atoms with Crippen LogP contribution in [0, 0.1) is 5.92 Å². The Morgan fingerprint density at radius 3 is 2.65 bits per heavy atom. The maximum atomic E-state index is 4.55. The highest BCUT2D eigenvalue weighted by atomic mass is 15.3. The molecular formula is C16H24N4. The van der Waals surface area contributed by atoms with Crippen molar-refractivity contribution in [3.63, 3.8) is 0 Å². The molecule has 2 rings (SSSR count). The molecule has 108 valence electrons. The van der Waals surface area contributed by atoms with E-state index in [1.54, 1.807) is 0 Å². The van der Waals surface area contributed by atoms with E-state index in [0.717, 1.165) is 31.6 Å². The van der Waals surface area contributed by atoms with E-state index in [1.807, 2.05) is 35.4 Å². The second-order valence-electron chi connectivity index (χ2n) is 5.51. The molecule has 0 aromatic carbocycles. The van der Waals surface area contributed by atoms with Gasteiger partial charge in [0.05, 0.1) is 11.9 Å². The van der Waals surface area contributed by atoms with Crippen LogP contribution in [0.3, 0.4) is 0 Å². The van der Waals surface area contributed by atoms with E-state index >= 15 is 0 Å². The molecule has 4 heteroatoms. The molecule has 2 heterocycles. The summed E-state index contributed by atoms with van der Waals surface area (Å²) >= 11 is 0. The second kappa shape index (κ2) is 7.20. The zero-order chi connectivity index (χ0) is 14.4. The molecule has 0 unspecified atom stereocenters. The Kier molecular flexibility index (Phi) is 5.30. The highest BCUT2D eigenvalue weighted by Crippen LogP contribution is 2.16. The molecule has 0 aliphatic carbocycles. The third-order valence-corrected chi connectivity index (χ3v) is 3.22. The van der Waals surface area contributed by atoms with Crippen molar-refractivity contribution >= 4 is 0 Å². The summed E-state index contributed by atoms with van der Waals surface area (Å²) in [6.45, 7) is 8.57. The van der Waals surface area contributed by atoms with Crippen molar-refractivity contribution in [2.75, 3.05) is 6.54 Å². The van der Waals surface area contributed by atoms with Gasteiger partial charge in [0.25, 0.3) is 0 Å². The fourth-order valence-electron chi connectivity index (χ4n) is 2.26. The van der Waals surface area contributed by atoms with Crippen molar-refractivity contribution in [3.8, 4) is 5.69 Å². The average Bonchev–Trinajstić information content (AvgIpc) is 2.83. The highest BCUT2D eigenvalue weighted by molar-refractivity contribution is 5.33. The van der Waals surface area contributed by atoms with E-state index in [2.05, 4.69) is 36.2 Å². The zero-order valence-corrected chi connectivity index (χ0v) is 12.6. The van der Waals surface area contributed by atoms with Crippen LogP contribution in [0.15, 0.2) is 30.7 Å². The molecular weight excluding hydrogens is 248 g/mol. The number of nitrogens with one attached hydrogen (secondary N) is 1. The van der Waals surface area contributed by atoms with Crippen molar-refractivity contribution in [1.29, 1.82) is 0 Å². The Morgan fingerprint density at radius 1 is 1.25 bits per heavy atom. The Balaban J connectivity index is 2.19. The van der Waals surface area contributed by atoms with Gasteiger partial charge in [-0.25, -0.2) is 4.68 Å². The van der Waals surface area contributed by atoms with Gasteiger partial charge in [0, 0.05) is 30.2 Å². The summed E-state index contributed by atoms with van der Waals surface area (Å²) in [5, 5.41) is 8.05. The molecule has 0 bridgehead atoms. The molecule has 1 N–H and O–H groups in total. The molecule has 0 radical (unpaired) electrons. The monoisotopic (exact) mass is 272 g/mol. The maximum Gasteiger partial charge on any atom is 0.0679 e. The Hall–Kier alpha value is -1.68. The quantitative estimate of drug-likeness (QED) is 0.842. The van der Waals surface area contributed by atoms with Gasteiger partial charge in [-0.2, -0.15) is 5.10 Å². The molecule has 0 fully saturated rings. The third kappa shape index (κ3) is 3.67. The van der Waals surface area contributed by atoms with Gasteiger partial charge >= 0.3 is 0 Å². The lowest BCUT2D eigenvalue weighted by molar-refractivity contribution is 0.550. The Labute approximate surface area is 121 Å². The van der Waals surface area contributed by atoms with E-state index in [4.69, 9.17) is 0 Å². The van der Waals surface area contributed by atoms with Gasteiger partial charge in [0.15, 0.2) is 0 Å². The lowest BCUT2D eigenvalue weighted by Crippen LogP contribution is -2.19. The molecule has 2 aromatic heterocycles. The van der Waals surface area contributed by atoms with Crippen LogP contribution in [-0.4, -0.2) is 21.3 Å². The molecule has 0 aliphatic heterocycles. The first kappa shape index (κ1) is 14.7. The normalized spacial score (nSPS) is 11.2. The first-order valence-corrected chi connectivity index (χ1v) is 7.39. The van der Waals surface area contributed by atoms with Crippen LogP contribution in [0.2, 0.25) is 0 Å². The number of nitrogens with zero attached hydrogens (tertiary/aromatic N) is 3. The van der Waals surface area contributed by atoms with Gasteiger partial charge in [-0.15, -0.1) is 0 Å². The number of rotatable bonds is 7. The van der Waals surface area contributed by atoms with Crippen molar-refractivity contribution in [1.82, 2.24) is 20.1 Å². The molecule has 0 saturated heterocycles. The number of hydrogen-bond donors (Lipinski definition) is 1. The molecule has 0 amide bonds. The first-order valence-electron chi connectivity index (χ1n) is 7.39. The minimum absolute atomic E-state index is 0.667. The molecule has 4 nitrogen and oxygen atoms in total. The fourth-order valence-corrected chi connectivity index (χ4v) is 2.26. The van der Waals surface area contributed by atoms with Crippen LogP contribution in [0.25, 0.3) is 5.69 Å². The summed E-state index contributed by atoms with van der Waals surface area (Å²) in [6.07, 6.45) is 7.76. The molecule has 2 aromatic rings. The van der Waals surface area contributed by atoms with E-state index in [0.29, 0.717) is 5.92 Å². The Bertz CT molecular complexity index is 517. The predicted molar refractivity (Wildman–Crippen MR) is 81.9 cm³/mol. The summed E-state index contributed by atoms with van der Waals surface area (Å²) in [5.74, 6) is 0.667. The van der Waals surface area contributed by atoms with E-state index in [9.17, 15) is 0 Å². The largest absolute Gasteiger partial charge is 0.312 e. The van der Waals surface area contributed by atoms with Gasteiger partial charge in [0.2, 0.25) is 0 Å². The summed E-state index contributed by atoms with van der Waals surface area (Å²) < 4.78 is 2.04. The standard InChI is InChI=1S/C16H24N4/c1-4-5-16-14(11-18-10-13(2)3)12-19-20(16)15-6-8-17-9-7-15/h6-9,12-13,18H,4-5,10-11H2,1-3H3. The lowest BCUT2D eigenvalue weighted by atomic mass is 10.1. The van der Waals surface area contributed by atoms with Gasteiger partial charge in [0.1, 0.15) is 0 Å². The van der Waals surface area contributed by atoms with E-state index in [-0.39, 0.29) is 0 Å².